The zero-order valence-electron chi connectivity index (χ0n) is 11.0. The van der Waals surface area contributed by atoms with Gasteiger partial charge in [0.15, 0.2) is 0 Å². The molecule has 102 valence electrons. The second kappa shape index (κ2) is 5.73. The Morgan fingerprint density at radius 2 is 2.20 bits per heavy atom. The van der Waals surface area contributed by atoms with Crippen molar-refractivity contribution in [2.45, 2.75) is 9.96 Å². The molecule has 0 spiro atoms. The Hall–Kier alpha value is -1.72. The molecule has 0 aliphatic carbocycles. The number of aromatic nitrogens is 1. The van der Waals surface area contributed by atoms with Gasteiger partial charge in [-0.2, -0.15) is 0 Å². The fraction of sp³-hybridized carbons (Fsp3) is 0.133. The number of fused-ring (bicyclic) bond motifs is 1. The quantitative estimate of drug-likeness (QED) is 0.734. The maximum atomic E-state index is 6.06. The van der Waals surface area contributed by atoms with Gasteiger partial charge in [0.1, 0.15) is 11.6 Å². The lowest BCUT2D eigenvalue weighted by atomic mass is 10.1. The summed E-state index contributed by atoms with van der Waals surface area (Å²) in [6.07, 6.45) is 0. The molecule has 0 bridgehead atoms. The predicted octanol–water partition coefficient (Wildman–Crippen LogP) is 4.18. The SMILES string of the molecule is COc1ccc2cc(CSc3cccs3)c(N)nc2c1. The van der Waals surface area contributed by atoms with E-state index in [1.165, 1.54) is 4.21 Å². The largest absolute Gasteiger partial charge is 0.497 e. The Balaban J connectivity index is 1.89. The second-order valence-corrected chi connectivity index (χ2v) is 6.54. The number of benzene rings is 1. The number of thioether (sulfide) groups is 1. The molecule has 0 radical (unpaired) electrons. The van der Waals surface area contributed by atoms with Crippen molar-refractivity contribution in [3.63, 3.8) is 0 Å². The van der Waals surface area contributed by atoms with E-state index in [0.29, 0.717) is 5.82 Å². The van der Waals surface area contributed by atoms with E-state index >= 15 is 0 Å². The number of ether oxygens (including phenoxy) is 1. The van der Waals surface area contributed by atoms with E-state index in [9.17, 15) is 0 Å². The lowest BCUT2D eigenvalue weighted by Crippen LogP contribution is -1.97. The molecule has 0 aliphatic heterocycles. The van der Waals surface area contributed by atoms with Crippen LogP contribution in [0, 0.1) is 0 Å². The summed E-state index contributed by atoms with van der Waals surface area (Å²) in [7, 11) is 1.65. The van der Waals surface area contributed by atoms with Crippen LogP contribution in [0.1, 0.15) is 5.56 Å². The number of nitrogen functional groups attached to an aromatic ring is 1. The van der Waals surface area contributed by atoms with Crippen molar-refractivity contribution in [2.75, 3.05) is 12.8 Å². The van der Waals surface area contributed by atoms with Gasteiger partial charge in [0, 0.05) is 22.8 Å². The zero-order chi connectivity index (χ0) is 13.9. The molecule has 3 nitrogen and oxygen atoms in total. The lowest BCUT2D eigenvalue weighted by Gasteiger charge is -2.07. The molecular formula is C15H14N2OS2. The zero-order valence-corrected chi connectivity index (χ0v) is 12.6. The Bertz CT molecular complexity index is 726. The molecule has 0 atom stereocenters. The van der Waals surface area contributed by atoms with E-state index in [0.717, 1.165) is 28.0 Å². The van der Waals surface area contributed by atoms with Gasteiger partial charge in [0.25, 0.3) is 0 Å². The number of nitrogens with zero attached hydrogens (tertiary/aromatic N) is 1. The minimum Gasteiger partial charge on any atom is -0.497 e. The average molecular weight is 302 g/mol. The molecule has 3 rings (SSSR count). The van der Waals surface area contributed by atoms with E-state index in [-0.39, 0.29) is 0 Å². The van der Waals surface area contributed by atoms with E-state index in [4.69, 9.17) is 10.5 Å². The maximum Gasteiger partial charge on any atom is 0.128 e. The van der Waals surface area contributed by atoms with Crippen LogP contribution in [0.3, 0.4) is 0 Å². The Kier molecular flexibility index (Phi) is 3.80. The minimum atomic E-state index is 0.592. The Morgan fingerprint density at radius 3 is 2.95 bits per heavy atom. The van der Waals surface area contributed by atoms with E-state index in [1.54, 1.807) is 30.2 Å². The van der Waals surface area contributed by atoms with Crippen LogP contribution in [0.25, 0.3) is 10.9 Å². The van der Waals surface area contributed by atoms with Gasteiger partial charge < -0.3 is 10.5 Å². The van der Waals surface area contributed by atoms with Gasteiger partial charge in [-0.1, -0.05) is 6.07 Å². The summed E-state index contributed by atoms with van der Waals surface area (Å²) in [6, 6.07) is 12.1. The summed E-state index contributed by atoms with van der Waals surface area (Å²) >= 11 is 3.53. The van der Waals surface area contributed by atoms with Crippen molar-refractivity contribution in [1.82, 2.24) is 4.98 Å². The van der Waals surface area contributed by atoms with Gasteiger partial charge in [-0.3, -0.25) is 0 Å². The normalized spacial score (nSPS) is 10.8. The summed E-state index contributed by atoms with van der Waals surface area (Å²) in [5, 5.41) is 3.16. The number of nitrogens with two attached hydrogens (primary N) is 1. The number of pyridine rings is 1. The molecular weight excluding hydrogens is 288 g/mol. The number of hydrogen-bond acceptors (Lipinski definition) is 5. The molecule has 2 N–H and O–H groups in total. The van der Waals surface area contributed by atoms with Gasteiger partial charge in [-0.25, -0.2) is 4.98 Å². The summed E-state index contributed by atoms with van der Waals surface area (Å²) < 4.78 is 6.50. The van der Waals surface area contributed by atoms with Gasteiger partial charge in [0.05, 0.1) is 16.8 Å². The van der Waals surface area contributed by atoms with Crippen molar-refractivity contribution in [3.05, 3.63) is 47.3 Å². The number of rotatable bonds is 4. The molecule has 0 fully saturated rings. The van der Waals surface area contributed by atoms with Crippen LogP contribution in [0.2, 0.25) is 0 Å². The fourth-order valence-corrected chi connectivity index (χ4v) is 3.71. The molecule has 0 unspecified atom stereocenters. The van der Waals surface area contributed by atoms with Crippen LogP contribution in [-0.4, -0.2) is 12.1 Å². The van der Waals surface area contributed by atoms with Crippen molar-refractivity contribution in [1.29, 1.82) is 0 Å². The van der Waals surface area contributed by atoms with Crippen molar-refractivity contribution < 1.29 is 4.74 Å². The third-order valence-corrected chi connectivity index (χ3v) is 5.18. The highest BCUT2D eigenvalue weighted by Gasteiger charge is 2.06. The average Bonchev–Trinajstić information content (AvgIpc) is 2.97. The van der Waals surface area contributed by atoms with Crippen LogP contribution < -0.4 is 10.5 Å². The lowest BCUT2D eigenvalue weighted by molar-refractivity contribution is 0.415. The van der Waals surface area contributed by atoms with Crippen LogP contribution in [0.5, 0.6) is 5.75 Å². The van der Waals surface area contributed by atoms with Gasteiger partial charge in [-0.05, 0) is 29.6 Å². The van der Waals surface area contributed by atoms with Gasteiger partial charge >= 0.3 is 0 Å². The minimum absolute atomic E-state index is 0.592. The molecule has 2 heterocycles. The highest BCUT2D eigenvalue weighted by Crippen LogP contribution is 2.30. The third-order valence-electron chi connectivity index (χ3n) is 3.00. The van der Waals surface area contributed by atoms with Crippen molar-refractivity contribution in [2.24, 2.45) is 0 Å². The first kappa shape index (κ1) is 13.3. The van der Waals surface area contributed by atoms with Crippen molar-refractivity contribution >= 4 is 39.8 Å². The van der Waals surface area contributed by atoms with E-state index < -0.39 is 0 Å². The number of anilines is 1. The first-order valence-electron chi connectivity index (χ1n) is 6.16. The Labute approximate surface area is 125 Å². The first-order valence-corrected chi connectivity index (χ1v) is 8.02. The van der Waals surface area contributed by atoms with Crippen molar-refractivity contribution in [3.8, 4) is 5.75 Å². The molecule has 0 aliphatic rings. The highest BCUT2D eigenvalue weighted by atomic mass is 32.2. The summed E-state index contributed by atoms with van der Waals surface area (Å²) in [4.78, 5) is 4.47. The van der Waals surface area contributed by atoms with Crippen LogP contribution in [0.15, 0.2) is 46.0 Å². The third kappa shape index (κ3) is 2.73. The smallest absolute Gasteiger partial charge is 0.128 e. The fourth-order valence-electron chi connectivity index (χ4n) is 1.94. The van der Waals surface area contributed by atoms with E-state index in [2.05, 4.69) is 28.6 Å². The second-order valence-electron chi connectivity index (χ2n) is 4.31. The topological polar surface area (TPSA) is 48.1 Å². The molecule has 3 aromatic rings. The summed E-state index contributed by atoms with van der Waals surface area (Å²) in [6.45, 7) is 0. The van der Waals surface area contributed by atoms with Crippen LogP contribution >= 0.6 is 23.1 Å². The monoisotopic (exact) mass is 302 g/mol. The molecule has 0 saturated heterocycles. The molecule has 0 saturated carbocycles. The van der Waals surface area contributed by atoms with E-state index in [1.807, 2.05) is 18.2 Å². The maximum absolute atomic E-state index is 6.06. The Morgan fingerprint density at radius 1 is 1.30 bits per heavy atom. The number of methoxy groups -OCH3 is 1. The molecule has 2 aromatic heterocycles. The van der Waals surface area contributed by atoms with Gasteiger partial charge in [0.2, 0.25) is 0 Å². The van der Waals surface area contributed by atoms with Crippen LogP contribution in [0.4, 0.5) is 5.82 Å². The molecule has 1 aromatic carbocycles. The number of thiophene rings is 1. The van der Waals surface area contributed by atoms with Gasteiger partial charge in [-0.15, -0.1) is 23.1 Å². The summed E-state index contributed by atoms with van der Waals surface area (Å²) in [5.41, 5.74) is 7.99. The molecule has 5 heteroatoms. The highest BCUT2D eigenvalue weighted by molar-refractivity contribution is 8.00. The summed E-state index contributed by atoms with van der Waals surface area (Å²) in [5.74, 6) is 2.22. The predicted molar refractivity (Wildman–Crippen MR) is 86.6 cm³/mol. The number of hydrogen-bond donors (Lipinski definition) is 1. The first-order chi connectivity index (χ1) is 9.76. The molecule has 20 heavy (non-hydrogen) atoms. The van der Waals surface area contributed by atoms with Crippen LogP contribution in [-0.2, 0) is 5.75 Å². The molecule has 0 amide bonds. The standard InChI is InChI=1S/C15H14N2OS2/c1-18-12-5-4-10-7-11(15(16)17-13(10)8-12)9-20-14-3-2-6-19-14/h2-8H,9H2,1H3,(H2,16,17).